The minimum atomic E-state index is -1.41. The largest absolute Gasteiger partial charge is 0.479 e. The summed E-state index contributed by atoms with van der Waals surface area (Å²) in [6, 6.07) is 5.37. The monoisotopic (exact) mass is 224 g/mol. The highest BCUT2D eigenvalue weighted by atomic mass is 32.2. The summed E-state index contributed by atoms with van der Waals surface area (Å²) in [5, 5.41) is 18.6. The first kappa shape index (κ1) is 10.5. The Bertz CT molecular complexity index is 403. The van der Waals surface area contributed by atoms with Gasteiger partial charge in [-0.15, -0.1) is 11.8 Å². The quantitative estimate of drug-likeness (QED) is 0.804. The van der Waals surface area contributed by atoms with Gasteiger partial charge in [0.15, 0.2) is 6.10 Å². The predicted octanol–water partition coefficient (Wildman–Crippen LogP) is 1.84. The van der Waals surface area contributed by atoms with Crippen LogP contribution in [-0.4, -0.2) is 21.4 Å². The first-order chi connectivity index (χ1) is 7.08. The number of thioether (sulfide) groups is 1. The van der Waals surface area contributed by atoms with Crippen molar-refractivity contribution in [3.63, 3.8) is 0 Å². The fourth-order valence-corrected chi connectivity index (χ4v) is 2.89. The van der Waals surface area contributed by atoms with Gasteiger partial charge in [0.1, 0.15) is 0 Å². The van der Waals surface area contributed by atoms with E-state index in [-0.39, 0.29) is 0 Å². The summed E-state index contributed by atoms with van der Waals surface area (Å²) in [5.41, 5.74) is 1.61. The second-order valence-electron chi connectivity index (χ2n) is 3.74. The number of hydrogen-bond donors (Lipinski definition) is 2. The third-order valence-corrected chi connectivity index (χ3v) is 3.69. The van der Waals surface area contributed by atoms with Gasteiger partial charge in [-0.3, -0.25) is 0 Å². The highest BCUT2D eigenvalue weighted by Crippen LogP contribution is 2.37. The van der Waals surface area contributed by atoms with Crippen LogP contribution in [0.5, 0.6) is 0 Å². The third kappa shape index (κ3) is 2.01. The summed E-state index contributed by atoms with van der Waals surface area (Å²) in [7, 11) is 0. The van der Waals surface area contributed by atoms with Crippen molar-refractivity contribution < 1.29 is 15.0 Å². The number of aliphatic hydroxyl groups is 1. The standard InChI is InChI=1S/C11H12O3S/c1-6-4-8-5-7(10(12)11(13)14)2-3-9(8)15-6/h2-3,5-6,10,12H,4H2,1H3,(H,13,14). The lowest BCUT2D eigenvalue weighted by Crippen LogP contribution is -2.10. The summed E-state index contributed by atoms with van der Waals surface area (Å²) in [5.74, 6) is -1.20. The minimum absolute atomic E-state index is 0.468. The number of hydrogen-bond acceptors (Lipinski definition) is 3. The van der Waals surface area contributed by atoms with Gasteiger partial charge in [0, 0.05) is 10.1 Å². The Hall–Kier alpha value is -1.000. The Morgan fingerprint density at radius 3 is 3.00 bits per heavy atom. The predicted molar refractivity (Wildman–Crippen MR) is 58.1 cm³/mol. The second-order valence-corrected chi connectivity index (χ2v) is 5.22. The number of fused-ring (bicyclic) bond motifs is 1. The number of aliphatic hydroxyl groups excluding tert-OH is 1. The summed E-state index contributed by atoms with van der Waals surface area (Å²) >= 11 is 1.79. The maximum absolute atomic E-state index is 10.6. The van der Waals surface area contributed by atoms with Gasteiger partial charge in [-0.1, -0.05) is 19.1 Å². The molecular formula is C11H12O3S. The average Bonchev–Trinajstić information content (AvgIpc) is 2.55. The number of benzene rings is 1. The molecule has 2 rings (SSSR count). The molecule has 1 aromatic carbocycles. The van der Waals surface area contributed by atoms with Crippen LogP contribution >= 0.6 is 11.8 Å². The molecule has 2 unspecified atom stereocenters. The average molecular weight is 224 g/mol. The van der Waals surface area contributed by atoms with Gasteiger partial charge in [0.2, 0.25) is 0 Å². The van der Waals surface area contributed by atoms with E-state index in [9.17, 15) is 9.90 Å². The number of rotatable bonds is 2. The molecule has 2 atom stereocenters. The van der Waals surface area contributed by atoms with Crippen LogP contribution in [0.4, 0.5) is 0 Å². The third-order valence-electron chi connectivity index (χ3n) is 2.47. The van der Waals surface area contributed by atoms with E-state index >= 15 is 0 Å². The van der Waals surface area contributed by atoms with Crippen LogP contribution in [0.3, 0.4) is 0 Å². The first-order valence-corrected chi connectivity index (χ1v) is 5.66. The van der Waals surface area contributed by atoms with E-state index in [0.717, 1.165) is 12.0 Å². The van der Waals surface area contributed by atoms with Gasteiger partial charge in [0.05, 0.1) is 0 Å². The van der Waals surface area contributed by atoms with Gasteiger partial charge >= 0.3 is 5.97 Å². The zero-order chi connectivity index (χ0) is 11.0. The summed E-state index contributed by atoms with van der Waals surface area (Å²) < 4.78 is 0. The van der Waals surface area contributed by atoms with E-state index in [4.69, 9.17) is 5.11 Å². The van der Waals surface area contributed by atoms with Crippen LogP contribution < -0.4 is 0 Å². The van der Waals surface area contributed by atoms with E-state index in [1.807, 2.05) is 6.07 Å². The van der Waals surface area contributed by atoms with Gasteiger partial charge in [0.25, 0.3) is 0 Å². The first-order valence-electron chi connectivity index (χ1n) is 4.78. The van der Waals surface area contributed by atoms with Crippen molar-refractivity contribution in [3.8, 4) is 0 Å². The molecule has 0 fully saturated rings. The van der Waals surface area contributed by atoms with Crippen LogP contribution in [0.1, 0.15) is 24.2 Å². The molecular weight excluding hydrogens is 212 g/mol. The Labute approximate surface area is 92.1 Å². The topological polar surface area (TPSA) is 57.5 Å². The van der Waals surface area contributed by atoms with Crippen molar-refractivity contribution >= 4 is 17.7 Å². The van der Waals surface area contributed by atoms with Crippen LogP contribution in [0.15, 0.2) is 23.1 Å². The molecule has 0 aromatic heterocycles. The van der Waals surface area contributed by atoms with Crippen LogP contribution in [0.2, 0.25) is 0 Å². The van der Waals surface area contributed by atoms with Crippen LogP contribution in [-0.2, 0) is 11.2 Å². The molecule has 0 spiro atoms. The molecule has 0 saturated carbocycles. The molecule has 4 heteroatoms. The maximum Gasteiger partial charge on any atom is 0.337 e. The van der Waals surface area contributed by atoms with E-state index in [0.29, 0.717) is 10.8 Å². The summed E-state index contributed by atoms with van der Waals surface area (Å²) in [4.78, 5) is 11.8. The van der Waals surface area contributed by atoms with E-state index in [1.54, 1.807) is 23.9 Å². The highest BCUT2D eigenvalue weighted by Gasteiger charge is 2.22. The SMILES string of the molecule is CC1Cc2cc(C(O)C(=O)O)ccc2S1. The lowest BCUT2D eigenvalue weighted by atomic mass is 10.0. The van der Waals surface area contributed by atoms with E-state index in [1.165, 1.54) is 4.90 Å². The molecule has 80 valence electrons. The normalized spacial score (nSPS) is 21.1. The zero-order valence-electron chi connectivity index (χ0n) is 8.30. The van der Waals surface area contributed by atoms with Gasteiger partial charge in [-0.05, 0) is 23.6 Å². The smallest absolute Gasteiger partial charge is 0.337 e. The van der Waals surface area contributed by atoms with Crippen molar-refractivity contribution in [1.82, 2.24) is 0 Å². The van der Waals surface area contributed by atoms with Gasteiger partial charge < -0.3 is 10.2 Å². The molecule has 0 amide bonds. The molecule has 1 heterocycles. The lowest BCUT2D eigenvalue weighted by molar-refractivity contribution is -0.146. The molecule has 0 radical (unpaired) electrons. The number of carboxylic acids is 1. The van der Waals surface area contributed by atoms with Gasteiger partial charge in [-0.2, -0.15) is 0 Å². The Balaban J connectivity index is 2.31. The van der Waals surface area contributed by atoms with Crippen molar-refractivity contribution in [2.24, 2.45) is 0 Å². The Kier molecular flexibility index (Phi) is 2.71. The van der Waals surface area contributed by atoms with Gasteiger partial charge in [-0.25, -0.2) is 4.79 Å². The minimum Gasteiger partial charge on any atom is -0.479 e. The van der Waals surface area contributed by atoms with E-state index in [2.05, 4.69) is 6.92 Å². The van der Waals surface area contributed by atoms with Crippen molar-refractivity contribution in [2.75, 3.05) is 0 Å². The zero-order valence-corrected chi connectivity index (χ0v) is 9.12. The van der Waals surface area contributed by atoms with Crippen molar-refractivity contribution in [3.05, 3.63) is 29.3 Å². The molecule has 3 nitrogen and oxygen atoms in total. The molecule has 2 N–H and O–H groups in total. The summed E-state index contributed by atoms with van der Waals surface area (Å²) in [6.45, 7) is 2.14. The molecule has 0 aliphatic carbocycles. The van der Waals surface area contributed by atoms with Crippen molar-refractivity contribution in [2.45, 2.75) is 29.6 Å². The molecule has 0 bridgehead atoms. The second kappa shape index (κ2) is 3.87. The molecule has 0 saturated heterocycles. The Morgan fingerprint density at radius 1 is 1.60 bits per heavy atom. The number of aliphatic carboxylic acids is 1. The maximum atomic E-state index is 10.6. The van der Waals surface area contributed by atoms with Crippen LogP contribution in [0.25, 0.3) is 0 Å². The molecule has 1 aliphatic heterocycles. The van der Waals surface area contributed by atoms with E-state index < -0.39 is 12.1 Å². The highest BCUT2D eigenvalue weighted by molar-refractivity contribution is 8.00. The lowest BCUT2D eigenvalue weighted by Gasteiger charge is -2.07. The van der Waals surface area contributed by atoms with Crippen molar-refractivity contribution in [1.29, 1.82) is 0 Å². The Morgan fingerprint density at radius 2 is 2.33 bits per heavy atom. The molecule has 1 aliphatic rings. The fraction of sp³-hybridized carbons (Fsp3) is 0.364. The number of carbonyl (C=O) groups is 1. The molecule has 15 heavy (non-hydrogen) atoms. The fourth-order valence-electron chi connectivity index (χ4n) is 1.75. The molecule has 1 aromatic rings. The van der Waals surface area contributed by atoms with Crippen LogP contribution in [0, 0.1) is 0 Å². The summed E-state index contributed by atoms with van der Waals surface area (Å²) in [6.07, 6.45) is -0.462. The number of carboxylic acid groups (broad SMARTS) is 1.